The highest BCUT2D eigenvalue weighted by molar-refractivity contribution is 7.93. The fourth-order valence-corrected chi connectivity index (χ4v) is 4.90. The number of anilines is 3. The molecule has 1 saturated heterocycles. The Kier molecular flexibility index (Phi) is 5.11. The molecule has 6 nitrogen and oxygen atoms in total. The molecule has 0 atom stereocenters. The molecule has 1 amide bonds. The van der Waals surface area contributed by atoms with Crippen LogP contribution in [0.2, 0.25) is 5.02 Å². The number of hydrogen-bond acceptors (Lipinski definition) is 4. The van der Waals surface area contributed by atoms with Gasteiger partial charge in [0.15, 0.2) is 0 Å². The standard InChI is InChI=1S/C18H20ClN3O3S/c1-21(2)17-15(19)8-4-9-16(17)20-18(23)13-6-3-7-14(12-13)22-10-5-11-26(22,24)25/h3-4,6-9,12H,5,10-11H2,1-2H3,(H,20,23). The van der Waals surface area contributed by atoms with Crippen LogP contribution >= 0.6 is 11.6 Å². The van der Waals surface area contributed by atoms with Crippen molar-refractivity contribution in [3.63, 3.8) is 0 Å². The number of halogens is 1. The molecule has 26 heavy (non-hydrogen) atoms. The molecule has 0 saturated carbocycles. The first-order valence-corrected chi connectivity index (χ1v) is 10.2. The summed E-state index contributed by atoms with van der Waals surface area (Å²) in [6.45, 7) is 0.437. The van der Waals surface area contributed by atoms with E-state index in [1.165, 1.54) is 4.31 Å². The summed E-state index contributed by atoms with van der Waals surface area (Å²) in [5.41, 5.74) is 2.19. The third kappa shape index (κ3) is 3.64. The maximum absolute atomic E-state index is 12.7. The highest BCUT2D eigenvalue weighted by Gasteiger charge is 2.28. The Morgan fingerprint density at radius 1 is 1.19 bits per heavy atom. The highest BCUT2D eigenvalue weighted by Crippen LogP contribution is 2.33. The SMILES string of the molecule is CN(C)c1c(Cl)cccc1NC(=O)c1cccc(N2CCCS2(=O)=O)c1. The van der Waals surface area contributed by atoms with Gasteiger partial charge in [-0.1, -0.05) is 23.7 Å². The quantitative estimate of drug-likeness (QED) is 0.866. The summed E-state index contributed by atoms with van der Waals surface area (Å²) in [7, 11) is 0.398. The summed E-state index contributed by atoms with van der Waals surface area (Å²) >= 11 is 6.23. The minimum Gasteiger partial charge on any atom is -0.375 e. The number of sulfonamides is 1. The van der Waals surface area contributed by atoms with Crippen molar-refractivity contribution in [2.45, 2.75) is 6.42 Å². The summed E-state index contributed by atoms with van der Waals surface area (Å²) in [5.74, 6) is -0.188. The van der Waals surface area contributed by atoms with Gasteiger partial charge in [0, 0.05) is 26.2 Å². The van der Waals surface area contributed by atoms with Gasteiger partial charge in [-0.2, -0.15) is 0 Å². The van der Waals surface area contributed by atoms with Gasteiger partial charge in [0.2, 0.25) is 10.0 Å². The summed E-state index contributed by atoms with van der Waals surface area (Å²) in [6.07, 6.45) is 0.591. The molecule has 1 aliphatic rings. The van der Waals surface area contributed by atoms with Crippen LogP contribution in [0.5, 0.6) is 0 Å². The van der Waals surface area contributed by atoms with E-state index in [0.717, 1.165) is 0 Å². The molecule has 0 aliphatic carbocycles. The molecular weight excluding hydrogens is 374 g/mol. The van der Waals surface area contributed by atoms with E-state index in [0.29, 0.717) is 40.6 Å². The first-order valence-electron chi connectivity index (χ1n) is 8.17. The molecule has 0 unspecified atom stereocenters. The number of benzene rings is 2. The molecule has 1 heterocycles. The van der Waals surface area contributed by atoms with Gasteiger partial charge in [-0.25, -0.2) is 8.42 Å². The van der Waals surface area contributed by atoms with Crippen molar-refractivity contribution in [2.24, 2.45) is 0 Å². The number of carbonyl (C=O) groups excluding carboxylic acids is 1. The average molecular weight is 394 g/mol. The van der Waals surface area contributed by atoms with Gasteiger partial charge in [0.1, 0.15) is 0 Å². The maximum atomic E-state index is 12.7. The average Bonchev–Trinajstić information content (AvgIpc) is 2.94. The maximum Gasteiger partial charge on any atom is 0.255 e. The van der Waals surface area contributed by atoms with Gasteiger partial charge in [-0.05, 0) is 36.8 Å². The first-order chi connectivity index (χ1) is 12.3. The van der Waals surface area contributed by atoms with E-state index in [1.807, 2.05) is 19.0 Å². The Labute approximate surface area is 158 Å². The second-order valence-corrected chi connectivity index (χ2v) is 8.70. The predicted octanol–water partition coefficient (Wildman–Crippen LogP) is 3.20. The van der Waals surface area contributed by atoms with Crippen LogP contribution in [0.4, 0.5) is 17.1 Å². The molecule has 0 bridgehead atoms. The van der Waals surface area contributed by atoms with Crippen molar-refractivity contribution >= 4 is 44.6 Å². The fourth-order valence-electron chi connectivity index (χ4n) is 3.00. The zero-order chi connectivity index (χ0) is 18.9. The number of rotatable bonds is 4. The Bertz CT molecular complexity index is 944. The van der Waals surface area contributed by atoms with E-state index in [-0.39, 0.29) is 11.7 Å². The zero-order valence-corrected chi connectivity index (χ0v) is 16.1. The van der Waals surface area contributed by atoms with Crippen LogP contribution in [-0.4, -0.2) is 40.7 Å². The Morgan fingerprint density at radius 3 is 2.58 bits per heavy atom. The monoisotopic (exact) mass is 393 g/mol. The molecule has 1 N–H and O–H groups in total. The Hall–Kier alpha value is -2.25. The van der Waals surface area contributed by atoms with Gasteiger partial charge in [0.25, 0.3) is 5.91 Å². The lowest BCUT2D eigenvalue weighted by Crippen LogP contribution is -2.25. The predicted molar refractivity (Wildman–Crippen MR) is 106 cm³/mol. The summed E-state index contributed by atoms with van der Waals surface area (Å²) < 4.78 is 25.5. The Balaban J connectivity index is 1.88. The molecule has 2 aromatic carbocycles. The first kappa shape index (κ1) is 18.5. The van der Waals surface area contributed by atoms with Crippen molar-refractivity contribution < 1.29 is 13.2 Å². The zero-order valence-electron chi connectivity index (χ0n) is 14.6. The molecular formula is C18H20ClN3O3S. The number of para-hydroxylation sites is 1. The van der Waals surface area contributed by atoms with Crippen LogP contribution in [-0.2, 0) is 10.0 Å². The van der Waals surface area contributed by atoms with Crippen LogP contribution in [0, 0.1) is 0 Å². The van der Waals surface area contributed by atoms with Crippen LogP contribution < -0.4 is 14.5 Å². The van der Waals surface area contributed by atoms with E-state index in [4.69, 9.17) is 11.6 Å². The van der Waals surface area contributed by atoms with Gasteiger partial charge >= 0.3 is 0 Å². The number of nitrogens with zero attached hydrogens (tertiary/aromatic N) is 2. The third-order valence-electron chi connectivity index (χ3n) is 4.18. The van der Waals surface area contributed by atoms with Gasteiger partial charge in [-0.15, -0.1) is 0 Å². The second kappa shape index (κ2) is 7.17. The number of nitrogens with one attached hydrogen (secondary N) is 1. The third-order valence-corrected chi connectivity index (χ3v) is 6.35. The van der Waals surface area contributed by atoms with Crippen molar-refractivity contribution in [3.8, 4) is 0 Å². The summed E-state index contributed by atoms with van der Waals surface area (Å²) in [5, 5.41) is 3.39. The minimum atomic E-state index is -3.29. The van der Waals surface area contributed by atoms with Crippen molar-refractivity contribution in [1.29, 1.82) is 0 Å². The van der Waals surface area contributed by atoms with E-state index in [2.05, 4.69) is 5.32 Å². The number of hydrogen-bond donors (Lipinski definition) is 1. The second-order valence-electron chi connectivity index (χ2n) is 6.28. The van der Waals surface area contributed by atoms with E-state index < -0.39 is 10.0 Å². The smallest absolute Gasteiger partial charge is 0.255 e. The molecule has 0 radical (unpaired) electrons. The van der Waals surface area contributed by atoms with Crippen LogP contribution in [0.25, 0.3) is 0 Å². The Morgan fingerprint density at radius 2 is 1.92 bits per heavy atom. The molecule has 0 aromatic heterocycles. The van der Waals surface area contributed by atoms with Gasteiger partial charge in [-0.3, -0.25) is 9.10 Å². The summed E-state index contributed by atoms with van der Waals surface area (Å²) in [6, 6.07) is 11.9. The number of carbonyl (C=O) groups is 1. The lowest BCUT2D eigenvalue weighted by molar-refractivity contribution is 0.102. The molecule has 1 fully saturated rings. The van der Waals surface area contributed by atoms with Gasteiger partial charge < -0.3 is 10.2 Å². The molecule has 138 valence electrons. The highest BCUT2D eigenvalue weighted by atomic mass is 35.5. The van der Waals surface area contributed by atoms with Crippen LogP contribution in [0.3, 0.4) is 0 Å². The molecule has 2 aromatic rings. The topological polar surface area (TPSA) is 69.7 Å². The van der Waals surface area contributed by atoms with Crippen LogP contribution in [0.1, 0.15) is 16.8 Å². The lowest BCUT2D eigenvalue weighted by Gasteiger charge is -2.20. The van der Waals surface area contributed by atoms with Gasteiger partial charge in [0.05, 0.1) is 27.8 Å². The van der Waals surface area contributed by atoms with E-state index in [9.17, 15) is 13.2 Å². The number of amides is 1. The van der Waals surface area contributed by atoms with Crippen molar-refractivity contribution in [1.82, 2.24) is 0 Å². The molecule has 8 heteroatoms. The van der Waals surface area contributed by atoms with E-state index in [1.54, 1.807) is 42.5 Å². The largest absolute Gasteiger partial charge is 0.375 e. The molecule has 3 rings (SSSR count). The minimum absolute atomic E-state index is 0.137. The lowest BCUT2D eigenvalue weighted by atomic mass is 10.1. The molecule has 1 aliphatic heterocycles. The van der Waals surface area contributed by atoms with E-state index >= 15 is 0 Å². The molecule has 0 spiro atoms. The van der Waals surface area contributed by atoms with Crippen molar-refractivity contribution in [3.05, 3.63) is 53.1 Å². The normalized spacial score (nSPS) is 15.7. The van der Waals surface area contributed by atoms with Crippen molar-refractivity contribution in [2.75, 3.05) is 40.9 Å². The summed E-state index contributed by atoms with van der Waals surface area (Å²) in [4.78, 5) is 14.5. The fraction of sp³-hybridized carbons (Fsp3) is 0.278. The van der Waals surface area contributed by atoms with Crippen LogP contribution in [0.15, 0.2) is 42.5 Å².